The molecule has 1 aromatic carbocycles. The Kier molecular flexibility index (Phi) is 4.19. The number of alkyl halides is 1. The van der Waals surface area contributed by atoms with E-state index in [2.05, 4.69) is 15.9 Å². The normalized spacial score (nSPS) is 18.6. The molecule has 0 aromatic heterocycles. The van der Waals surface area contributed by atoms with E-state index in [4.69, 9.17) is 0 Å². The lowest BCUT2D eigenvalue weighted by Gasteiger charge is -2.16. The quantitative estimate of drug-likeness (QED) is 0.487. The van der Waals surface area contributed by atoms with E-state index >= 15 is 0 Å². The van der Waals surface area contributed by atoms with Crippen molar-refractivity contribution in [3.8, 4) is 0 Å². The van der Waals surface area contributed by atoms with E-state index < -0.39 is 4.92 Å². The highest BCUT2D eigenvalue weighted by atomic mass is 79.9. The van der Waals surface area contributed by atoms with Gasteiger partial charge >= 0.3 is 0 Å². The van der Waals surface area contributed by atoms with Crippen LogP contribution in [0.5, 0.6) is 0 Å². The minimum Gasteiger partial charge on any atom is -0.338 e. The Hall–Kier alpha value is -1.43. The molecule has 6 heteroatoms. The van der Waals surface area contributed by atoms with E-state index in [9.17, 15) is 14.9 Å². The molecule has 2 rings (SSSR count). The second-order valence-corrected chi connectivity index (χ2v) is 5.47. The summed E-state index contributed by atoms with van der Waals surface area (Å²) in [4.78, 5) is 24.4. The zero-order valence-electron chi connectivity index (χ0n) is 10.6. The molecule has 19 heavy (non-hydrogen) atoms. The maximum Gasteiger partial charge on any atom is 0.272 e. The summed E-state index contributed by atoms with van der Waals surface area (Å²) in [7, 11) is 0. The minimum absolute atomic E-state index is 0.0403. The lowest BCUT2D eigenvalue weighted by molar-refractivity contribution is -0.385. The number of benzene rings is 1. The van der Waals surface area contributed by atoms with Gasteiger partial charge in [-0.2, -0.15) is 0 Å². The van der Waals surface area contributed by atoms with Crippen LogP contribution in [-0.2, 0) is 0 Å². The topological polar surface area (TPSA) is 63.5 Å². The van der Waals surface area contributed by atoms with Gasteiger partial charge in [0.1, 0.15) is 0 Å². The van der Waals surface area contributed by atoms with Gasteiger partial charge in [0, 0.05) is 35.6 Å². The molecule has 1 aliphatic rings. The molecule has 1 heterocycles. The van der Waals surface area contributed by atoms with Crippen molar-refractivity contribution in [1.29, 1.82) is 0 Å². The van der Waals surface area contributed by atoms with Gasteiger partial charge in [0.25, 0.3) is 11.6 Å². The van der Waals surface area contributed by atoms with Crippen LogP contribution in [0.15, 0.2) is 18.2 Å². The molecule has 0 aliphatic carbocycles. The van der Waals surface area contributed by atoms with Gasteiger partial charge in [0.2, 0.25) is 0 Å². The molecule has 0 radical (unpaired) electrons. The fourth-order valence-corrected chi connectivity index (χ4v) is 2.85. The first-order chi connectivity index (χ1) is 9.02. The molecular formula is C13H15BrN2O3. The standard InChI is InChI=1S/C13H15BrN2O3/c1-9-6-11(2-3-12(9)16(18)19)13(17)15-5-4-10(7-14)8-15/h2-3,6,10H,4-5,7-8H2,1H3. The fourth-order valence-electron chi connectivity index (χ4n) is 2.32. The maximum atomic E-state index is 12.3. The number of hydrogen-bond donors (Lipinski definition) is 0. The van der Waals surface area contributed by atoms with Crippen molar-refractivity contribution in [1.82, 2.24) is 4.90 Å². The summed E-state index contributed by atoms with van der Waals surface area (Å²) in [5.41, 5.74) is 1.10. The lowest BCUT2D eigenvalue weighted by Crippen LogP contribution is -2.28. The molecular weight excluding hydrogens is 312 g/mol. The van der Waals surface area contributed by atoms with Gasteiger partial charge in [-0.05, 0) is 31.4 Å². The molecule has 1 atom stereocenters. The average Bonchev–Trinajstić information content (AvgIpc) is 2.86. The number of nitro groups is 1. The monoisotopic (exact) mass is 326 g/mol. The van der Waals surface area contributed by atoms with Crippen molar-refractivity contribution in [3.63, 3.8) is 0 Å². The number of carbonyl (C=O) groups excluding carboxylic acids is 1. The SMILES string of the molecule is Cc1cc(C(=O)N2CCC(CBr)C2)ccc1[N+](=O)[O-]. The first-order valence-electron chi connectivity index (χ1n) is 6.13. The van der Waals surface area contributed by atoms with Crippen LogP contribution in [0.2, 0.25) is 0 Å². The van der Waals surface area contributed by atoms with Gasteiger partial charge in [0.15, 0.2) is 0 Å². The van der Waals surface area contributed by atoms with Crippen LogP contribution in [0.3, 0.4) is 0 Å². The van der Waals surface area contributed by atoms with Gasteiger partial charge in [-0.1, -0.05) is 15.9 Å². The van der Waals surface area contributed by atoms with Crippen molar-refractivity contribution >= 4 is 27.5 Å². The summed E-state index contributed by atoms with van der Waals surface area (Å²) in [5, 5.41) is 11.6. The van der Waals surface area contributed by atoms with E-state index in [1.54, 1.807) is 13.0 Å². The van der Waals surface area contributed by atoms with E-state index in [-0.39, 0.29) is 11.6 Å². The second-order valence-electron chi connectivity index (χ2n) is 4.82. The first-order valence-corrected chi connectivity index (χ1v) is 7.25. The number of nitrogens with zero attached hydrogens (tertiary/aromatic N) is 2. The van der Waals surface area contributed by atoms with Crippen LogP contribution in [0, 0.1) is 23.0 Å². The van der Waals surface area contributed by atoms with Crippen LogP contribution in [0.25, 0.3) is 0 Å². The number of halogens is 1. The first kappa shape index (κ1) is 14.0. The molecule has 0 N–H and O–H groups in total. The average molecular weight is 327 g/mol. The molecule has 1 saturated heterocycles. The summed E-state index contributed by atoms with van der Waals surface area (Å²) in [6, 6.07) is 4.54. The minimum atomic E-state index is -0.430. The number of amides is 1. The number of likely N-dealkylation sites (tertiary alicyclic amines) is 1. The van der Waals surface area contributed by atoms with E-state index in [0.717, 1.165) is 24.8 Å². The van der Waals surface area contributed by atoms with E-state index in [1.165, 1.54) is 12.1 Å². The number of nitro benzene ring substituents is 1. The van der Waals surface area contributed by atoms with Gasteiger partial charge < -0.3 is 4.90 Å². The zero-order chi connectivity index (χ0) is 14.0. The number of aryl methyl sites for hydroxylation is 1. The molecule has 1 unspecified atom stereocenters. The third-order valence-corrected chi connectivity index (χ3v) is 4.35. The Balaban J connectivity index is 2.16. The summed E-state index contributed by atoms with van der Waals surface area (Å²) >= 11 is 3.43. The maximum absolute atomic E-state index is 12.3. The third-order valence-electron chi connectivity index (χ3n) is 3.43. The molecule has 5 nitrogen and oxygen atoms in total. The van der Waals surface area contributed by atoms with Crippen molar-refractivity contribution in [2.45, 2.75) is 13.3 Å². The van der Waals surface area contributed by atoms with Gasteiger partial charge in [-0.25, -0.2) is 0 Å². The van der Waals surface area contributed by atoms with Crippen LogP contribution in [-0.4, -0.2) is 34.2 Å². The highest BCUT2D eigenvalue weighted by Crippen LogP contribution is 2.23. The summed E-state index contributed by atoms with van der Waals surface area (Å²) in [6.07, 6.45) is 1.00. The third kappa shape index (κ3) is 2.94. The lowest BCUT2D eigenvalue weighted by atomic mass is 10.1. The van der Waals surface area contributed by atoms with Crippen LogP contribution >= 0.6 is 15.9 Å². The Bertz CT molecular complexity index is 519. The summed E-state index contributed by atoms with van der Waals surface area (Å²) in [5.74, 6) is 0.463. The molecule has 1 amide bonds. The predicted molar refractivity (Wildman–Crippen MR) is 75.6 cm³/mol. The Labute approximate surface area is 119 Å². The molecule has 0 bridgehead atoms. The van der Waals surface area contributed by atoms with Gasteiger partial charge in [-0.15, -0.1) is 0 Å². The van der Waals surface area contributed by atoms with Crippen molar-refractivity contribution in [2.75, 3.05) is 18.4 Å². The van der Waals surface area contributed by atoms with Crippen molar-refractivity contribution in [2.24, 2.45) is 5.92 Å². The molecule has 1 fully saturated rings. The van der Waals surface area contributed by atoms with Crippen molar-refractivity contribution in [3.05, 3.63) is 39.4 Å². The molecule has 0 saturated carbocycles. The molecule has 0 spiro atoms. The van der Waals surface area contributed by atoms with E-state index in [1.807, 2.05) is 4.90 Å². The number of hydrogen-bond acceptors (Lipinski definition) is 3. The molecule has 1 aliphatic heterocycles. The predicted octanol–water partition coefficient (Wildman–Crippen LogP) is 2.76. The Morgan fingerprint density at radius 3 is 2.84 bits per heavy atom. The second kappa shape index (κ2) is 5.69. The van der Waals surface area contributed by atoms with Crippen molar-refractivity contribution < 1.29 is 9.72 Å². The highest BCUT2D eigenvalue weighted by Gasteiger charge is 2.26. The van der Waals surface area contributed by atoms with E-state index in [0.29, 0.717) is 17.0 Å². The largest absolute Gasteiger partial charge is 0.338 e. The van der Waals surface area contributed by atoms with Crippen LogP contribution < -0.4 is 0 Å². The summed E-state index contributed by atoms with van der Waals surface area (Å²) in [6.45, 7) is 3.16. The van der Waals surface area contributed by atoms with Gasteiger partial charge in [0.05, 0.1) is 4.92 Å². The van der Waals surface area contributed by atoms with Crippen LogP contribution in [0.4, 0.5) is 5.69 Å². The van der Waals surface area contributed by atoms with Gasteiger partial charge in [-0.3, -0.25) is 14.9 Å². The number of carbonyl (C=O) groups is 1. The highest BCUT2D eigenvalue weighted by molar-refractivity contribution is 9.09. The Morgan fingerprint density at radius 2 is 2.32 bits per heavy atom. The molecule has 102 valence electrons. The van der Waals surface area contributed by atoms with Crippen LogP contribution in [0.1, 0.15) is 22.3 Å². The number of rotatable bonds is 3. The Morgan fingerprint density at radius 1 is 1.58 bits per heavy atom. The summed E-state index contributed by atoms with van der Waals surface area (Å²) < 4.78 is 0. The smallest absolute Gasteiger partial charge is 0.272 e. The molecule has 1 aromatic rings. The zero-order valence-corrected chi connectivity index (χ0v) is 12.2. The fraction of sp³-hybridized carbons (Fsp3) is 0.462.